The lowest BCUT2D eigenvalue weighted by Crippen LogP contribution is -2.20. The van der Waals surface area contributed by atoms with Gasteiger partial charge >= 0.3 is 0 Å². The highest BCUT2D eigenvalue weighted by molar-refractivity contribution is 5.51. The van der Waals surface area contributed by atoms with Crippen molar-refractivity contribution in [1.82, 2.24) is 0 Å². The Morgan fingerprint density at radius 3 is 2.07 bits per heavy atom. The summed E-state index contributed by atoms with van der Waals surface area (Å²) in [7, 11) is 0. The van der Waals surface area contributed by atoms with Crippen LogP contribution in [0.3, 0.4) is 0 Å². The second-order valence-electron chi connectivity index (χ2n) is 3.77. The van der Waals surface area contributed by atoms with Crippen molar-refractivity contribution in [2.45, 2.75) is 19.8 Å². The predicted molar refractivity (Wildman–Crippen MR) is 52.5 cm³/mol. The fraction of sp³-hybridized carbons (Fsp3) is 0.455. The molecule has 0 saturated carbocycles. The average Bonchev–Trinajstić information content (AvgIpc) is 2.54. The number of anilines is 1. The molecule has 0 bridgehead atoms. The molecule has 0 spiro atoms. The highest BCUT2D eigenvalue weighted by atomic mass is 19.1. The first-order valence-electron chi connectivity index (χ1n) is 4.89. The van der Waals surface area contributed by atoms with Gasteiger partial charge < -0.3 is 4.90 Å². The third kappa shape index (κ3) is 1.59. The highest BCUT2D eigenvalue weighted by Crippen LogP contribution is 2.27. The first-order valence-corrected chi connectivity index (χ1v) is 4.89. The first-order chi connectivity index (χ1) is 6.68. The maximum atomic E-state index is 13.5. The molecular weight excluding hydrogens is 184 g/mol. The summed E-state index contributed by atoms with van der Waals surface area (Å²) in [6.45, 7) is 3.22. The average molecular weight is 197 g/mol. The largest absolute Gasteiger partial charge is 0.367 e. The SMILES string of the molecule is Cc1cc(F)c(N2CCCC2)c(F)c1. The van der Waals surface area contributed by atoms with E-state index in [1.54, 1.807) is 11.8 Å². The number of nitrogens with zero attached hydrogens (tertiary/aromatic N) is 1. The molecule has 1 aliphatic rings. The van der Waals surface area contributed by atoms with Gasteiger partial charge in [-0.2, -0.15) is 0 Å². The molecule has 1 nitrogen and oxygen atoms in total. The van der Waals surface area contributed by atoms with Crippen LogP contribution in [0.1, 0.15) is 18.4 Å². The van der Waals surface area contributed by atoms with Crippen LogP contribution in [0.25, 0.3) is 0 Å². The molecule has 0 aromatic heterocycles. The quantitative estimate of drug-likeness (QED) is 0.669. The Kier molecular flexibility index (Phi) is 2.40. The summed E-state index contributed by atoms with van der Waals surface area (Å²) in [5.74, 6) is -0.881. The van der Waals surface area contributed by atoms with Crippen molar-refractivity contribution in [2.24, 2.45) is 0 Å². The van der Waals surface area contributed by atoms with Crippen LogP contribution in [-0.4, -0.2) is 13.1 Å². The zero-order chi connectivity index (χ0) is 10.1. The molecule has 1 heterocycles. The summed E-state index contributed by atoms with van der Waals surface area (Å²) in [4.78, 5) is 1.78. The lowest BCUT2D eigenvalue weighted by Gasteiger charge is -2.19. The van der Waals surface area contributed by atoms with Crippen molar-refractivity contribution >= 4 is 5.69 Å². The number of aryl methyl sites for hydroxylation is 1. The monoisotopic (exact) mass is 197 g/mol. The molecule has 1 aromatic rings. The minimum Gasteiger partial charge on any atom is -0.367 e. The van der Waals surface area contributed by atoms with Gasteiger partial charge in [-0.3, -0.25) is 0 Å². The maximum Gasteiger partial charge on any atom is 0.149 e. The van der Waals surface area contributed by atoms with Crippen molar-refractivity contribution in [1.29, 1.82) is 0 Å². The van der Waals surface area contributed by atoms with Gasteiger partial charge in [-0.05, 0) is 37.5 Å². The summed E-state index contributed by atoms with van der Waals surface area (Å²) < 4.78 is 27.0. The van der Waals surface area contributed by atoms with Gasteiger partial charge in [0.15, 0.2) is 0 Å². The summed E-state index contributed by atoms with van der Waals surface area (Å²) in [6, 6.07) is 2.77. The van der Waals surface area contributed by atoms with Crippen LogP contribution < -0.4 is 4.90 Å². The van der Waals surface area contributed by atoms with E-state index < -0.39 is 11.6 Å². The van der Waals surface area contributed by atoms with Crippen molar-refractivity contribution in [2.75, 3.05) is 18.0 Å². The minimum atomic E-state index is -0.440. The number of benzene rings is 1. The molecule has 3 heteroatoms. The van der Waals surface area contributed by atoms with Crippen molar-refractivity contribution in [3.63, 3.8) is 0 Å². The summed E-state index contributed by atoms with van der Waals surface area (Å²) in [5, 5.41) is 0. The smallest absolute Gasteiger partial charge is 0.149 e. The van der Waals surface area contributed by atoms with Crippen LogP contribution in [0.15, 0.2) is 12.1 Å². The normalized spacial score (nSPS) is 16.4. The van der Waals surface area contributed by atoms with E-state index in [4.69, 9.17) is 0 Å². The zero-order valence-electron chi connectivity index (χ0n) is 8.19. The van der Waals surface area contributed by atoms with Gasteiger partial charge in [-0.15, -0.1) is 0 Å². The molecule has 0 unspecified atom stereocenters. The van der Waals surface area contributed by atoms with E-state index in [0.717, 1.165) is 25.9 Å². The summed E-state index contributed by atoms with van der Waals surface area (Å²) in [5.41, 5.74) is 0.774. The maximum absolute atomic E-state index is 13.5. The Morgan fingerprint density at radius 1 is 1.07 bits per heavy atom. The van der Waals surface area contributed by atoms with E-state index in [9.17, 15) is 8.78 Å². The molecular formula is C11H13F2N. The zero-order valence-corrected chi connectivity index (χ0v) is 8.19. The molecule has 1 saturated heterocycles. The van der Waals surface area contributed by atoms with Gasteiger partial charge in [0, 0.05) is 13.1 Å². The molecule has 1 fully saturated rings. The molecule has 0 atom stereocenters. The third-order valence-electron chi connectivity index (χ3n) is 2.58. The fourth-order valence-electron chi connectivity index (χ4n) is 1.94. The second kappa shape index (κ2) is 3.56. The molecule has 0 amide bonds. The van der Waals surface area contributed by atoms with Gasteiger partial charge in [0.1, 0.15) is 17.3 Å². The van der Waals surface area contributed by atoms with Gasteiger partial charge in [0.05, 0.1) is 0 Å². The van der Waals surface area contributed by atoms with Crippen molar-refractivity contribution in [3.8, 4) is 0 Å². The van der Waals surface area contributed by atoms with Crippen LogP contribution >= 0.6 is 0 Å². The summed E-state index contributed by atoms with van der Waals surface area (Å²) >= 11 is 0. The Morgan fingerprint density at radius 2 is 1.57 bits per heavy atom. The molecule has 0 radical (unpaired) electrons. The molecule has 0 N–H and O–H groups in total. The Hall–Kier alpha value is -1.12. The van der Waals surface area contributed by atoms with E-state index in [-0.39, 0.29) is 5.69 Å². The van der Waals surface area contributed by atoms with Gasteiger partial charge in [-0.25, -0.2) is 8.78 Å². The van der Waals surface area contributed by atoms with E-state index in [2.05, 4.69) is 0 Å². The third-order valence-corrected chi connectivity index (χ3v) is 2.58. The van der Waals surface area contributed by atoms with Crippen LogP contribution in [0.5, 0.6) is 0 Å². The highest BCUT2D eigenvalue weighted by Gasteiger charge is 2.20. The number of hydrogen-bond acceptors (Lipinski definition) is 1. The molecule has 2 rings (SSSR count). The molecule has 76 valence electrons. The van der Waals surface area contributed by atoms with Crippen molar-refractivity contribution < 1.29 is 8.78 Å². The minimum absolute atomic E-state index is 0.146. The van der Waals surface area contributed by atoms with E-state index in [0.29, 0.717) is 5.56 Å². The second-order valence-corrected chi connectivity index (χ2v) is 3.77. The van der Waals surface area contributed by atoms with E-state index in [1.165, 1.54) is 12.1 Å². The standard InChI is InChI=1S/C11H13F2N/c1-8-6-9(12)11(10(13)7-8)14-4-2-3-5-14/h6-7H,2-5H2,1H3. The van der Waals surface area contributed by atoms with Gasteiger partial charge in [0.2, 0.25) is 0 Å². The number of halogens is 2. The number of rotatable bonds is 1. The van der Waals surface area contributed by atoms with Crippen LogP contribution in [-0.2, 0) is 0 Å². The van der Waals surface area contributed by atoms with Crippen LogP contribution in [0, 0.1) is 18.6 Å². The topological polar surface area (TPSA) is 3.24 Å². The molecule has 0 aliphatic carbocycles. The fourth-order valence-corrected chi connectivity index (χ4v) is 1.94. The lowest BCUT2D eigenvalue weighted by molar-refractivity contribution is 0.576. The Balaban J connectivity index is 2.40. The van der Waals surface area contributed by atoms with E-state index in [1.807, 2.05) is 0 Å². The molecule has 1 aromatic carbocycles. The van der Waals surface area contributed by atoms with Gasteiger partial charge in [0.25, 0.3) is 0 Å². The first kappa shape index (κ1) is 9.44. The van der Waals surface area contributed by atoms with Crippen LogP contribution in [0.4, 0.5) is 14.5 Å². The van der Waals surface area contributed by atoms with Gasteiger partial charge in [-0.1, -0.05) is 0 Å². The predicted octanol–water partition coefficient (Wildman–Crippen LogP) is 2.87. The Labute approximate surface area is 82.3 Å². The van der Waals surface area contributed by atoms with E-state index >= 15 is 0 Å². The Bertz CT molecular complexity index is 320. The lowest BCUT2D eigenvalue weighted by atomic mass is 10.2. The van der Waals surface area contributed by atoms with Crippen LogP contribution in [0.2, 0.25) is 0 Å². The summed E-state index contributed by atoms with van der Waals surface area (Å²) in [6.07, 6.45) is 2.04. The molecule has 1 aliphatic heterocycles. The number of hydrogen-bond donors (Lipinski definition) is 0. The van der Waals surface area contributed by atoms with Crippen molar-refractivity contribution in [3.05, 3.63) is 29.3 Å². The molecule has 14 heavy (non-hydrogen) atoms.